The Morgan fingerprint density at radius 3 is 2.43 bits per heavy atom. The zero-order chi connectivity index (χ0) is 15.5. The third-order valence-corrected chi connectivity index (χ3v) is 2.57. The van der Waals surface area contributed by atoms with E-state index in [4.69, 9.17) is 5.84 Å². The maximum atomic E-state index is 12.7. The lowest BCUT2D eigenvalue weighted by Crippen LogP contribution is -2.19. The van der Waals surface area contributed by atoms with E-state index in [2.05, 4.69) is 20.7 Å². The summed E-state index contributed by atoms with van der Waals surface area (Å²) in [7, 11) is 0. The van der Waals surface area contributed by atoms with Crippen molar-refractivity contribution in [1.82, 2.24) is 9.97 Å². The Balaban J connectivity index is 2.34. The van der Waals surface area contributed by atoms with Crippen LogP contribution in [0.15, 0.2) is 36.9 Å². The first-order valence-corrected chi connectivity index (χ1v) is 5.66. The number of halogens is 3. The molecule has 1 aromatic carbocycles. The molecule has 1 heterocycles. The highest BCUT2D eigenvalue weighted by Crippen LogP contribution is 2.31. The van der Waals surface area contributed by atoms with Gasteiger partial charge >= 0.3 is 6.18 Å². The minimum atomic E-state index is -4.56. The first kappa shape index (κ1) is 14.7. The first-order chi connectivity index (χ1) is 9.91. The van der Waals surface area contributed by atoms with E-state index in [1.807, 2.05) is 0 Å². The number of rotatable bonds is 3. The Morgan fingerprint density at radius 2 is 1.86 bits per heavy atom. The van der Waals surface area contributed by atoms with Crippen LogP contribution in [-0.2, 0) is 6.18 Å². The monoisotopic (exact) mass is 297 g/mol. The van der Waals surface area contributed by atoms with Crippen LogP contribution in [0.4, 0.5) is 24.5 Å². The molecule has 1 aromatic heterocycles. The number of amides is 1. The SMILES string of the molecule is NNc1ccc(C(F)(F)F)cc1C(=O)Nc1cncnc1. The van der Waals surface area contributed by atoms with Crippen molar-refractivity contribution in [1.29, 1.82) is 0 Å². The number of hydrogen-bond donors (Lipinski definition) is 3. The molecule has 0 aliphatic carbocycles. The smallest absolute Gasteiger partial charge is 0.323 e. The number of benzene rings is 1. The fourth-order valence-corrected chi connectivity index (χ4v) is 1.60. The Morgan fingerprint density at radius 1 is 1.19 bits per heavy atom. The van der Waals surface area contributed by atoms with E-state index in [1.54, 1.807) is 0 Å². The van der Waals surface area contributed by atoms with E-state index < -0.39 is 17.6 Å². The summed E-state index contributed by atoms with van der Waals surface area (Å²) in [6.45, 7) is 0. The van der Waals surface area contributed by atoms with Crippen molar-refractivity contribution >= 4 is 17.3 Å². The molecule has 21 heavy (non-hydrogen) atoms. The number of anilines is 2. The van der Waals surface area contributed by atoms with E-state index in [0.717, 1.165) is 12.1 Å². The molecule has 6 nitrogen and oxygen atoms in total. The highest BCUT2D eigenvalue weighted by molar-refractivity contribution is 6.08. The van der Waals surface area contributed by atoms with Gasteiger partial charge in [-0.2, -0.15) is 13.2 Å². The Labute approximate surface area is 117 Å². The molecule has 4 N–H and O–H groups in total. The van der Waals surface area contributed by atoms with Crippen molar-refractivity contribution in [3.8, 4) is 0 Å². The molecule has 0 aliphatic heterocycles. The van der Waals surface area contributed by atoms with Crippen molar-refractivity contribution < 1.29 is 18.0 Å². The molecule has 2 rings (SSSR count). The van der Waals surface area contributed by atoms with Gasteiger partial charge in [-0.1, -0.05) is 0 Å². The van der Waals surface area contributed by atoms with Crippen molar-refractivity contribution in [3.63, 3.8) is 0 Å². The molecule has 110 valence electrons. The number of carbonyl (C=O) groups is 1. The summed E-state index contributed by atoms with van der Waals surface area (Å²) in [6.07, 6.45) is -0.674. The molecule has 0 atom stereocenters. The molecular formula is C12H10F3N5O. The number of nitrogens with one attached hydrogen (secondary N) is 2. The minimum absolute atomic E-state index is 0.0670. The van der Waals surface area contributed by atoms with Gasteiger partial charge in [0.05, 0.1) is 34.9 Å². The van der Waals surface area contributed by atoms with E-state index in [0.29, 0.717) is 6.07 Å². The van der Waals surface area contributed by atoms with Crippen molar-refractivity contribution in [3.05, 3.63) is 48.0 Å². The molecule has 2 aromatic rings. The van der Waals surface area contributed by atoms with Crippen LogP contribution in [0, 0.1) is 0 Å². The normalized spacial score (nSPS) is 11.0. The van der Waals surface area contributed by atoms with Crippen LogP contribution >= 0.6 is 0 Å². The van der Waals surface area contributed by atoms with Gasteiger partial charge in [-0.3, -0.25) is 10.6 Å². The lowest BCUT2D eigenvalue weighted by Gasteiger charge is -2.13. The quantitative estimate of drug-likeness (QED) is 0.595. The summed E-state index contributed by atoms with van der Waals surface area (Å²) in [5.41, 5.74) is 1.31. The van der Waals surface area contributed by atoms with Crippen LogP contribution in [0.5, 0.6) is 0 Å². The highest BCUT2D eigenvalue weighted by Gasteiger charge is 2.31. The Bertz CT molecular complexity index is 645. The molecule has 9 heteroatoms. The zero-order valence-electron chi connectivity index (χ0n) is 10.5. The third kappa shape index (κ3) is 3.45. The lowest BCUT2D eigenvalue weighted by atomic mass is 10.1. The molecule has 0 saturated heterocycles. The second-order valence-corrected chi connectivity index (χ2v) is 3.98. The number of carbonyl (C=O) groups excluding carboxylic acids is 1. The summed E-state index contributed by atoms with van der Waals surface area (Å²) in [4.78, 5) is 19.4. The van der Waals surface area contributed by atoms with Crippen LogP contribution in [0.2, 0.25) is 0 Å². The minimum Gasteiger partial charge on any atom is -0.323 e. The van der Waals surface area contributed by atoms with Gasteiger partial charge < -0.3 is 10.7 Å². The van der Waals surface area contributed by atoms with Gasteiger partial charge in [-0.15, -0.1) is 0 Å². The van der Waals surface area contributed by atoms with Gasteiger partial charge in [-0.25, -0.2) is 9.97 Å². The van der Waals surface area contributed by atoms with Crippen molar-refractivity contribution in [2.75, 3.05) is 10.7 Å². The van der Waals surface area contributed by atoms with Gasteiger partial charge in [0.25, 0.3) is 5.91 Å². The molecule has 0 fully saturated rings. The molecule has 0 aliphatic rings. The molecule has 0 radical (unpaired) electrons. The zero-order valence-corrected chi connectivity index (χ0v) is 10.5. The predicted octanol–water partition coefficient (Wildman–Crippen LogP) is 2.03. The third-order valence-electron chi connectivity index (χ3n) is 2.57. The number of aromatic nitrogens is 2. The molecule has 0 unspecified atom stereocenters. The molecular weight excluding hydrogens is 287 g/mol. The van der Waals surface area contributed by atoms with E-state index in [9.17, 15) is 18.0 Å². The number of alkyl halides is 3. The number of nitrogens with zero attached hydrogens (tertiary/aromatic N) is 2. The highest BCUT2D eigenvalue weighted by atomic mass is 19.4. The maximum Gasteiger partial charge on any atom is 0.416 e. The Kier molecular flexibility index (Phi) is 4.03. The van der Waals surface area contributed by atoms with E-state index in [-0.39, 0.29) is 16.9 Å². The van der Waals surface area contributed by atoms with E-state index in [1.165, 1.54) is 18.7 Å². The van der Waals surface area contributed by atoms with Crippen LogP contribution in [0.25, 0.3) is 0 Å². The van der Waals surface area contributed by atoms with Gasteiger partial charge in [0, 0.05) is 0 Å². The Hall–Kier alpha value is -2.68. The second kappa shape index (κ2) is 5.75. The van der Waals surface area contributed by atoms with Crippen LogP contribution in [0.3, 0.4) is 0 Å². The first-order valence-electron chi connectivity index (χ1n) is 5.66. The number of nitrogen functional groups attached to an aromatic ring is 1. The molecule has 0 saturated carbocycles. The standard InChI is InChI=1S/C12H10F3N5O/c13-12(14,15)7-1-2-10(20-16)9(3-7)11(21)19-8-4-17-6-18-5-8/h1-6,20H,16H2,(H,19,21). The van der Waals surface area contributed by atoms with E-state index >= 15 is 0 Å². The van der Waals surface area contributed by atoms with Crippen LogP contribution in [-0.4, -0.2) is 15.9 Å². The number of nitrogens with two attached hydrogens (primary N) is 1. The fraction of sp³-hybridized carbons (Fsp3) is 0.0833. The van der Waals surface area contributed by atoms with Crippen LogP contribution in [0.1, 0.15) is 15.9 Å². The second-order valence-electron chi connectivity index (χ2n) is 3.98. The molecule has 0 spiro atoms. The number of hydrazine groups is 1. The summed E-state index contributed by atoms with van der Waals surface area (Å²) < 4.78 is 38.1. The fourth-order valence-electron chi connectivity index (χ4n) is 1.60. The maximum absolute atomic E-state index is 12.7. The van der Waals surface area contributed by atoms with Gasteiger partial charge in [0.1, 0.15) is 6.33 Å². The average Bonchev–Trinajstić information content (AvgIpc) is 2.46. The van der Waals surface area contributed by atoms with Crippen LogP contribution < -0.4 is 16.6 Å². The van der Waals surface area contributed by atoms with Crippen molar-refractivity contribution in [2.45, 2.75) is 6.18 Å². The topological polar surface area (TPSA) is 92.9 Å². The summed E-state index contributed by atoms with van der Waals surface area (Å²) >= 11 is 0. The summed E-state index contributed by atoms with van der Waals surface area (Å²) in [5.74, 6) is 4.44. The van der Waals surface area contributed by atoms with Gasteiger partial charge in [0.15, 0.2) is 0 Å². The summed E-state index contributed by atoms with van der Waals surface area (Å²) in [5, 5.41) is 2.38. The van der Waals surface area contributed by atoms with Gasteiger partial charge in [0.2, 0.25) is 0 Å². The predicted molar refractivity (Wildman–Crippen MR) is 69.2 cm³/mol. The number of hydrogen-bond acceptors (Lipinski definition) is 5. The molecule has 0 bridgehead atoms. The van der Waals surface area contributed by atoms with Gasteiger partial charge in [-0.05, 0) is 18.2 Å². The molecule has 1 amide bonds. The lowest BCUT2D eigenvalue weighted by molar-refractivity contribution is -0.137. The summed E-state index contributed by atoms with van der Waals surface area (Å²) in [6, 6.07) is 2.63. The van der Waals surface area contributed by atoms with Crippen molar-refractivity contribution in [2.24, 2.45) is 5.84 Å². The largest absolute Gasteiger partial charge is 0.416 e. The average molecular weight is 297 g/mol.